The van der Waals surface area contributed by atoms with E-state index in [1.165, 1.54) is 0 Å². The lowest BCUT2D eigenvalue weighted by Crippen LogP contribution is -2.16. The van der Waals surface area contributed by atoms with Crippen molar-refractivity contribution in [1.29, 1.82) is 0 Å². The maximum atomic E-state index is 6.20. The van der Waals surface area contributed by atoms with Gasteiger partial charge in [-0.05, 0) is 85.0 Å². The van der Waals surface area contributed by atoms with Gasteiger partial charge in [0.15, 0.2) is 0 Å². The van der Waals surface area contributed by atoms with Crippen LogP contribution >= 0.6 is 0 Å². The van der Waals surface area contributed by atoms with Crippen molar-refractivity contribution in [3.05, 3.63) is 107 Å². The number of hydrogen-bond donors (Lipinski definition) is 2. The van der Waals surface area contributed by atoms with Gasteiger partial charge < -0.3 is 20.9 Å². The highest BCUT2D eigenvalue weighted by Gasteiger charge is 2.07. The molecule has 4 rings (SSSR count). The molecule has 0 bridgehead atoms. The second-order valence-corrected chi connectivity index (χ2v) is 10.2. The van der Waals surface area contributed by atoms with Gasteiger partial charge in [0, 0.05) is 23.2 Å². The molecule has 0 spiro atoms. The van der Waals surface area contributed by atoms with Crippen molar-refractivity contribution >= 4 is 22.4 Å². The lowest BCUT2D eigenvalue weighted by atomic mass is 10.1. The summed E-state index contributed by atoms with van der Waals surface area (Å²) >= 11 is 0. The first-order valence-electron chi connectivity index (χ1n) is 14.0. The van der Waals surface area contributed by atoms with Crippen LogP contribution in [0.15, 0.2) is 94.9 Å². The van der Waals surface area contributed by atoms with Gasteiger partial charge in [-0.3, -0.25) is 9.98 Å². The molecule has 40 heavy (non-hydrogen) atoms. The molecule has 0 aliphatic rings. The lowest BCUT2D eigenvalue weighted by Gasteiger charge is -2.11. The third-order valence-corrected chi connectivity index (χ3v) is 6.94. The van der Waals surface area contributed by atoms with Crippen LogP contribution in [0.1, 0.15) is 62.8 Å². The molecule has 0 radical (unpaired) electrons. The predicted octanol–water partition coefficient (Wildman–Crippen LogP) is 7.01. The Morgan fingerprint density at radius 1 is 0.625 bits per heavy atom. The van der Waals surface area contributed by atoms with Gasteiger partial charge in [0.05, 0.1) is 0 Å². The van der Waals surface area contributed by atoms with Crippen LogP contribution in [0, 0.1) is 0 Å². The molecule has 0 aliphatic carbocycles. The Labute approximate surface area is 237 Å². The van der Waals surface area contributed by atoms with Gasteiger partial charge in [-0.25, -0.2) is 0 Å². The zero-order valence-corrected chi connectivity index (χ0v) is 23.9. The van der Waals surface area contributed by atoms with Crippen LogP contribution in [0.5, 0.6) is 11.5 Å². The van der Waals surface area contributed by atoms with E-state index in [1.807, 2.05) is 72.8 Å². The fraction of sp³-hybridized carbons (Fsp3) is 0.294. The summed E-state index contributed by atoms with van der Waals surface area (Å²) in [5, 5.41) is 2.17. The Hall–Kier alpha value is -4.32. The van der Waals surface area contributed by atoms with Gasteiger partial charge in [-0.2, -0.15) is 0 Å². The topological polar surface area (TPSA) is 95.2 Å². The molecule has 6 heteroatoms. The number of aliphatic imine (C=N–C) groups is 2. The summed E-state index contributed by atoms with van der Waals surface area (Å²) in [6, 6.07) is 28.6. The van der Waals surface area contributed by atoms with Crippen molar-refractivity contribution in [1.82, 2.24) is 0 Å². The molecule has 4 aromatic rings. The van der Waals surface area contributed by atoms with E-state index in [9.17, 15) is 0 Å². The van der Waals surface area contributed by atoms with Gasteiger partial charge >= 0.3 is 0 Å². The molecule has 6 nitrogen and oxygen atoms in total. The Kier molecular flexibility index (Phi) is 9.79. The Balaban J connectivity index is 1.38. The number of benzene rings is 4. The Bertz CT molecular complexity index is 1380. The summed E-state index contributed by atoms with van der Waals surface area (Å²) in [7, 11) is 0. The van der Waals surface area contributed by atoms with E-state index in [-0.39, 0.29) is 12.1 Å². The third kappa shape index (κ3) is 7.85. The van der Waals surface area contributed by atoms with E-state index >= 15 is 0 Å². The van der Waals surface area contributed by atoms with E-state index in [0.29, 0.717) is 24.9 Å². The van der Waals surface area contributed by atoms with Gasteiger partial charge in [0.25, 0.3) is 0 Å². The quantitative estimate of drug-likeness (QED) is 0.150. The van der Waals surface area contributed by atoms with Crippen molar-refractivity contribution in [2.45, 2.75) is 65.8 Å². The predicted molar refractivity (Wildman–Crippen MR) is 166 cm³/mol. The van der Waals surface area contributed by atoms with E-state index in [0.717, 1.165) is 57.4 Å². The number of fused-ring (bicyclic) bond motifs is 1. The monoisotopic (exact) mass is 536 g/mol. The molecule has 0 aromatic heterocycles. The molecule has 0 heterocycles. The van der Waals surface area contributed by atoms with Crippen LogP contribution in [0.2, 0.25) is 0 Å². The van der Waals surface area contributed by atoms with E-state index in [4.69, 9.17) is 20.9 Å². The third-order valence-electron chi connectivity index (χ3n) is 6.94. The largest absolute Gasteiger partial charge is 0.489 e. The van der Waals surface area contributed by atoms with Gasteiger partial charge in [0.2, 0.25) is 0 Å². The van der Waals surface area contributed by atoms with E-state index < -0.39 is 0 Å². The minimum absolute atomic E-state index is 0.202. The first-order valence-corrected chi connectivity index (χ1v) is 14.0. The Morgan fingerprint density at radius 2 is 1.05 bits per heavy atom. The summed E-state index contributed by atoms with van der Waals surface area (Å²) in [4.78, 5) is 9.11. The summed E-state index contributed by atoms with van der Waals surface area (Å²) in [5.41, 5.74) is 16.3. The van der Waals surface area contributed by atoms with Crippen LogP contribution in [0.25, 0.3) is 10.8 Å². The number of nitrogens with zero attached hydrogens (tertiary/aromatic N) is 2. The van der Waals surface area contributed by atoms with Crippen LogP contribution in [-0.2, 0) is 13.2 Å². The average Bonchev–Trinajstić information content (AvgIpc) is 2.98. The van der Waals surface area contributed by atoms with Crippen molar-refractivity contribution in [2.75, 3.05) is 0 Å². The minimum Gasteiger partial charge on any atom is -0.489 e. The number of ether oxygens (including phenoxy) is 2. The summed E-state index contributed by atoms with van der Waals surface area (Å²) in [6.07, 6.45) is 1.91. The molecule has 0 saturated heterocycles. The maximum Gasteiger partial charge on any atom is 0.125 e. The second-order valence-electron chi connectivity index (χ2n) is 10.2. The van der Waals surface area contributed by atoms with Crippen molar-refractivity contribution < 1.29 is 9.47 Å². The van der Waals surface area contributed by atoms with Crippen molar-refractivity contribution in [3.8, 4) is 11.5 Å². The summed E-state index contributed by atoms with van der Waals surface area (Å²) < 4.78 is 12.2. The molecule has 0 fully saturated rings. The molecule has 2 atom stereocenters. The number of amidine groups is 2. The number of rotatable bonds is 12. The molecule has 0 amide bonds. The fourth-order valence-electron chi connectivity index (χ4n) is 4.16. The van der Waals surface area contributed by atoms with E-state index in [1.54, 1.807) is 0 Å². The highest BCUT2D eigenvalue weighted by molar-refractivity contribution is 5.98. The van der Waals surface area contributed by atoms with Gasteiger partial charge in [-0.15, -0.1) is 0 Å². The maximum absolute atomic E-state index is 6.20. The molecule has 0 aliphatic heterocycles. The van der Waals surface area contributed by atoms with Crippen LogP contribution < -0.4 is 20.9 Å². The van der Waals surface area contributed by atoms with Crippen molar-refractivity contribution in [3.63, 3.8) is 0 Å². The fourth-order valence-corrected chi connectivity index (χ4v) is 4.16. The zero-order valence-electron chi connectivity index (χ0n) is 23.9. The van der Waals surface area contributed by atoms with Crippen molar-refractivity contribution in [2.24, 2.45) is 21.5 Å². The summed E-state index contributed by atoms with van der Waals surface area (Å²) in [6.45, 7) is 9.23. The standard InChI is InChI=1S/C34H40N4O2/c1-5-23(3)37-33(35)29-11-7-9-25(17-29)21-39-31-15-13-28-20-32(16-14-27(28)19-31)40-22-26-10-8-12-30(18-26)34(36)38-24(4)6-2/h7-20,23-24H,5-6,21-22H2,1-4H3,(H2,35,37)(H2,36,38). The van der Waals surface area contributed by atoms with Crippen LogP contribution in [-0.4, -0.2) is 23.8 Å². The Morgan fingerprint density at radius 3 is 1.45 bits per heavy atom. The zero-order chi connectivity index (χ0) is 28.5. The van der Waals surface area contributed by atoms with Gasteiger partial charge in [0.1, 0.15) is 36.4 Å². The smallest absolute Gasteiger partial charge is 0.125 e. The molecule has 4 aromatic carbocycles. The first-order chi connectivity index (χ1) is 19.3. The lowest BCUT2D eigenvalue weighted by molar-refractivity contribution is 0.305. The highest BCUT2D eigenvalue weighted by Crippen LogP contribution is 2.26. The molecular formula is C34H40N4O2. The molecule has 2 unspecified atom stereocenters. The summed E-state index contributed by atoms with van der Waals surface area (Å²) in [5.74, 6) is 2.74. The normalized spacial score (nSPS) is 13.7. The minimum atomic E-state index is 0.202. The average molecular weight is 537 g/mol. The number of nitrogens with two attached hydrogens (primary N) is 2. The van der Waals surface area contributed by atoms with Crippen LogP contribution in [0.3, 0.4) is 0 Å². The highest BCUT2D eigenvalue weighted by atomic mass is 16.5. The SMILES string of the molecule is CCC(C)N=C(N)c1cccc(COc2ccc3cc(OCc4cccc(C(N)=NC(C)CC)c4)ccc3c2)c1. The van der Waals surface area contributed by atoms with Gasteiger partial charge in [-0.1, -0.05) is 62.4 Å². The molecule has 4 N–H and O–H groups in total. The van der Waals surface area contributed by atoms with Crippen LogP contribution in [0.4, 0.5) is 0 Å². The first kappa shape index (κ1) is 28.7. The number of hydrogen-bond acceptors (Lipinski definition) is 4. The second kappa shape index (κ2) is 13.7. The van der Waals surface area contributed by atoms with E-state index in [2.05, 4.69) is 49.8 Å². The molecular weight excluding hydrogens is 496 g/mol. The molecule has 0 saturated carbocycles. The molecule has 208 valence electrons.